The lowest BCUT2D eigenvalue weighted by molar-refractivity contribution is -0.144. The van der Waals surface area contributed by atoms with Crippen molar-refractivity contribution in [2.75, 3.05) is 0 Å². The minimum Gasteiger partial charge on any atom is -0.443 e. The number of ether oxygens (including phenoxy) is 1. The summed E-state index contributed by atoms with van der Waals surface area (Å²) < 4.78 is 6.21. The molecule has 0 aliphatic carbocycles. The van der Waals surface area contributed by atoms with E-state index in [1.165, 1.54) is 16.2 Å². The minimum atomic E-state index is -0.629. The largest absolute Gasteiger partial charge is 0.443 e. The van der Waals surface area contributed by atoms with Crippen LogP contribution in [-0.2, 0) is 16.0 Å². The Balaban J connectivity index is 1.95. The molecule has 27 heavy (non-hydrogen) atoms. The van der Waals surface area contributed by atoms with E-state index < -0.39 is 17.8 Å². The highest BCUT2D eigenvalue weighted by Crippen LogP contribution is 2.32. The van der Waals surface area contributed by atoms with Crippen LogP contribution < -0.4 is 0 Å². The monoisotopic (exact) mass is 458 g/mol. The Kier molecular flexibility index (Phi) is 7.21. The van der Waals surface area contributed by atoms with Gasteiger partial charge in [-0.05, 0) is 44.7 Å². The third kappa shape index (κ3) is 6.40. The number of β-lactam (4-membered cyclic amide) rings is 1. The number of thiazole rings is 1. The minimum absolute atomic E-state index is 0.101. The first-order valence-corrected chi connectivity index (χ1v) is 10.6. The zero-order chi connectivity index (χ0) is 20.4. The molecule has 1 aliphatic heterocycles. The maximum atomic E-state index is 12.2. The van der Waals surface area contributed by atoms with Gasteiger partial charge in [0, 0.05) is 24.1 Å². The Hall–Kier alpha value is -1.25. The van der Waals surface area contributed by atoms with E-state index in [0.29, 0.717) is 19.3 Å². The summed E-state index contributed by atoms with van der Waals surface area (Å²) in [4.78, 5) is 29.9. The van der Waals surface area contributed by atoms with E-state index >= 15 is 0 Å². The third-order valence-corrected chi connectivity index (χ3v) is 5.29. The number of aliphatic hydroxyl groups excluding tert-OH is 1. The Bertz CT molecular complexity index is 722. The van der Waals surface area contributed by atoms with Crippen molar-refractivity contribution >= 4 is 39.3 Å². The van der Waals surface area contributed by atoms with Crippen LogP contribution in [0.3, 0.4) is 0 Å². The van der Waals surface area contributed by atoms with Crippen molar-refractivity contribution in [2.24, 2.45) is 0 Å². The van der Waals surface area contributed by atoms with Gasteiger partial charge < -0.3 is 9.84 Å². The number of carbonyl (C=O) groups excluding carboxylic acids is 2. The molecule has 0 bridgehead atoms. The van der Waals surface area contributed by atoms with Crippen molar-refractivity contribution in [1.82, 2.24) is 9.88 Å². The Morgan fingerprint density at radius 1 is 1.56 bits per heavy atom. The molecule has 2 amide bonds. The summed E-state index contributed by atoms with van der Waals surface area (Å²) in [6, 6.07) is -0.155. The predicted octanol–water partition coefficient (Wildman–Crippen LogP) is 4.37. The molecule has 1 N–H and O–H groups in total. The molecule has 0 spiro atoms. The number of aliphatic hydroxyl groups is 1. The summed E-state index contributed by atoms with van der Waals surface area (Å²) in [6.07, 6.45) is 2.06. The lowest BCUT2D eigenvalue weighted by Gasteiger charge is -2.40. The van der Waals surface area contributed by atoms with Crippen molar-refractivity contribution in [3.63, 3.8) is 0 Å². The lowest BCUT2D eigenvalue weighted by Crippen LogP contribution is -2.57. The summed E-state index contributed by atoms with van der Waals surface area (Å²) >= 11 is 4.83. The number of hydrogen-bond donors (Lipinski definition) is 1. The highest BCUT2D eigenvalue weighted by molar-refractivity contribution is 9.11. The summed E-state index contributed by atoms with van der Waals surface area (Å²) in [5.74, 6) is -0.0934. The normalized spacial score (nSPS) is 20.3. The van der Waals surface area contributed by atoms with E-state index in [4.69, 9.17) is 4.74 Å². The highest BCUT2D eigenvalue weighted by atomic mass is 79.9. The van der Waals surface area contributed by atoms with Gasteiger partial charge in [0.25, 0.3) is 0 Å². The number of nitrogens with zero attached hydrogens (tertiary/aromatic N) is 2. The fourth-order valence-electron chi connectivity index (χ4n) is 2.91. The number of amides is 2. The summed E-state index contributed by atoms with van der Waals surface area (Å²) in [7, 11) is 0. The lowest BCUT2D eigenvalue weighted by atomic mass is 9.91. The molecule has 0 radical (unpaired) electrons. The van der Waals surface area contributed by atoms with Crippen molar-refractivity contribution < 1.29 is 19.4 Å². The summed E-state index contributed by atoms with van der Waals surface area (Å²) in [5.41, 5.74) is 0.292. The van der Waals surface area contributed by atoms with Gasteiger partial charge in [-0.1, -0.05) is 22.9 Å². The van der Waals surface area contributed by atoms with E-state index in [1.54, 1.807) is 26.8 Å². The fraction of sp³-hybridized carbons (Fsp3) is 0.632. The maximum absolute atomic E-state index is 12.2. The number of aromatic nitrogens is 1. The van der Waals surface area contributed by atoms with Crippen LogP contribution in [0.5, 0.6) is 0 Å². The van der Waals surface area contributed by atoms with Crippen molar-refractivity contribution in [1.29, 1.82) is 0 Å². The maximum Gasteiger partial charge on any atom is 0.417 e. The smallest absolute Gasteiger partial charge is 0.417 e. The van der Waals surface area contributed by atoms with Crippen LogP contribution in [0.15, 0.2) is 15.9 Å². The highest BCUT2D eigenvalue weighted by Gasteiger charge is 2.43. The number of rotatable bonds is 6. The molecule has 8 heteroatoms. The Morgan fingerprint density at radius 2 is 2.22 bits per heavy atom. The molecule has 150 valence electrons. The SMILES string of the molecule is C/C(Br)=C/[C@H](O)Cc1nc([C@@H](C)C[C@@H]2CC(=O)N2C(=O)OC(C)(C)C)cs1. The van der Waals surface area contributed by atoms with E-state index in [9.17, 15) is 14.7 Å². The summed E-state index contributed by atoms with van der Waals surface area (Å²) in [5, 5.41) is 12.8. The van der Waals surface area contributed by atoms with Crippen LogP contribution in [0, 0.1) is 0 Å². The average Bonchev–Trinajstić information content (AvgIpc) is 2.91. The Morgan fingerprint density at radius 3 is 2.78 bits per heavy atom. The van der Waals surface area contributed by atoms with Gasteiger partial charge >= 0.3 is 6.09 Å². The van der Waals surface area contributed by atoms with Crippen molar-refractivity contribution in [2.45, 2.75) is 77.5 Å². The molecule has 1 aliphatic rings. The van der Waals surface area contributed by atoms with Gasteiger partial charge in [-0.25, -0.2) is 14.7 Å². The van der Waals surface area contributed by atoms with Gasteiger partial charge in [0.2, 0.25) is 5.91 Å². The predicted molar refractivity (Wildman–Crippen MR) is 109 cm³/mol. The molecule has 6 nitrogen and oxygen atoms in total. The number of likely N-dealkylation sites (tertiary alicyclic amines) is 1. The fourth-order valence-corrected chi connectivity index (χ4v) is 4.18. The quantitative estimate of drug-likeness (QED) is 0.639. The van der Waals surface area contributed by atoms with E-state index in [1.807, 2.05) is 19.2 Å². The van der Waals surface area contributed by atoms with Gasteiger partial charge in [0.05, 0.1) is 22.8 Å². The van der Waals surface area contributed by atoms with Gasteiger partial charge in [-0.3, -0.25) is 4.79 Å². The molecular weight excluding hydrogens is 432 g/mol. The molecular formula is C19H27BrN2O4S. The molecule has 1 saturated heterocycles. The molecule has 0 saturated carbocycles. The zero-order valence-corrected chi connectivity index (χ0v) is 18.8. The molecule has 2 rings (SSSR count). The standard InChI is InChI=1S/C19H27BrN2O4S/c1-11(15-10-27-16(21-15)9-14(23)7-12(2)20)6-13-8-17(24)22(13)18(25)26-19(3,4)5/h7,10-11,13-14,23H,6,8-9H2,1-5H3/b12-7-/t11-,13+,14-/m0/s1. The van der Waals surface area contributed by atoms with Gasteiger partial charge in [0.15, 0.2) is 0 Å². The van der Waals surface area contributed by atoms with Gasteiger partial charge in [-0.2, -0.15) is 0 Å². The first-order valence-electron chi connectivity index (χ1n) is 8.97. The zero-order valence-electron chi connectivity index (χ0n) is 16.4. The van der Waals surface area contributed by atoms with E-state index in [0.717, 1.165) is 15.2 Å². The van der Waals surface area contributed by atoms with Crippen LogP contribution in [0.25, 0.3) is 0 Å². The second-order valence-corrected chi connectivity index (χ2v) is 10.1. The average molecular weight is 459 g/mol. The first kappa shape index (κ1) is 22.0. The second kappa shape index (κ2) is 8.84. The van der Waals surface area contributed by atoms with Crippen LogP contribution in [0.1, 0.15) is 64.1 Å². The molecule has 1 aromatic rings. The number of hydrogen-bond acceptors (Lipinski definition) is 6. The Labute approximate surface area is 172 Å². The topological polar surface area (TPSA) is 79.7 Å². The molecule has 0 aromatic carbocycles. The number of halogens is 1. The molecule has 3 atom stereocenters. The summed E-state index contributed by atoms with van der Waals surface area (Å²) in [6.45, 7) is 9.25. The molecule has 2 heterocycles. The van der Waals surface area contributed by atoms with E-state index in [2.05, 4.69) is 20.9 Å². The molecule has 0 unspecified atom stereocenters. The van der Waals surface area contributed by atoms with Crippen LogP contribution in [-0.4, -0.2) is 44.7 Å². The van der Waals surface area contributed by atoms with Gasteiger partial charge in [-0.15, -0.1) is 11.3 Å². The van der Waals surface area contributed by atoms with Crippen LogP contribution in [0.4, 0.5) is 4.79 Å². The number of imide groups is 1. The van der Waals surface area contributed by atoms with Crippen molar-refractivity contribution in [3.8, 4) is 0 Å². The van der Waals surface area contributed by atoms with Crippen molar-refractivity contribution in [3.05, 3.63) is 26.6 Å². The van der Waals surface area contributed by atoms with E-state index in [-0.39, 0.29) is 17.9 Å². The number of allylic oxidation sites excluding steroid dienone is 1. The first-order chi connectivity index (χ1) is 12.5. The van der Waals surface area contributed by atoms with Gasteiger partial charge in [0.1, 0.15) is 5.60 Å². The molecule has 1 aromatic heterocycles. The second-order valence-electron chi connectivity index (χ2n) is 7.93. The van der Waals surface area contributed by atoms with Crippen LogP contribution in [0.2, 0.25) is 0 Å². The third-order valence-electron chi connectivity index (χ3n) is 4.14. The van der Waals surface area contributed by atoms with Crippen LogP contribution >= 0.6 is 27.3 Å². The molecule has 1 fully saturated rings. The number of carbonyl (C=O) groups is 2.